The first-order valence-corrected chi connectivity index (χ1v) is 6.53. The number of aliphatic imine (C=N–C) groups is 1. The Hall–Kier alpha value is -0.770. The highest BCUT2D eigenvalue weighted by Gasteiger charge is 2.19. The number of hydrogen-bond donors (Lipinski definition) is 3. The number of nitrogens with zero attached hydrogens (tertiary/aromatic N) is 1. The van der Waals surface area contributed by atoms with Gasteiger partial charge in [0.1, 0.15) is 0 Å². The summed E-state index contributed by atoms with van der Waals surface area (Å²) in [5.41, 5.74) is 2.66. The highest BCUT2D eigenvalue weighted by atomic mass is 15.3. The molecule has 2 atom stereocenters. The van der Waals surface area contributed by atoms with Crippen molar-refractivity contribution < 1.29 is 0 Å². The van der Waals surface area contributed by atoms with Crippen LogP contribution in [0.25, 0.3) is 0 Å². The van der Waals surface area contributed by atoms with E-state index in [4.69, 9.17) is 5.84 Å². The van der Waals surface area contributed by atoms with Crippen LogP contribution in [0.5, 0.6) is 0 Å². The lowest BCUT2D eigenvalue weighted by Gasteiger charge is -2.28. The Morgan fingerprint density at radius 3 is 2.88 bits per heavy atom. The Labute approximate surface area is 99.1 Å². The van der Waals surface area contributed by atoms with E-state index in [1.807, 2.05) is 0 Å². The summed E-state index contributed by atoms with van der Waals surface area (Å²) in [7, 11) is 0. The Morgan fingerprint density at radius 2 is 2.25 bits per heavy atom. The van der Waals surface area contributed by atoms with Crippen molar-refractivity contribution in [1.29, 1.82) is 0 Å². The normalized spacial score (nSPS) is 26.6. The Kier molecular flexibility index (Phi) is 6.23. The van der Waals surface area contributed by atoms with Crippen LogP contribution in [-0.4, -0.2) is 18.5 Å². The van der Waals surface area contributed by atoms with Gasteiger partial charge in [-0.25, -0.2) is 5.84 Å². The molecule has 0 aromatic carbocycles. The van der Waals surface area contributed by atoms with Gasteiger partial charge >= 0.3 is 0 Å². The van der Waals surface area contributed by atoms with Gasteiger partial charge in [0.05, 0.1) is 0 Å². The largest absolute Gasteiger partial charge is 0.353 e. The molecule has 0 radical (unpaired) electrons. The van der Waals surface area contributed by atoms with Gasteiger partial charge < -0.3 is 5.32 Å². The molecule has 2 unspecified atom stereocenters. The van der Waals surface area contributed by atoms with Crippen molar-refractivity contribution in [3.63, 3.8) is 0 Å². The molecule has 0 aromatic heterocycles. The van der Waals surface area contributed by atoms with Gasteiger partial charge in [-0.15, -0.1) is 0 Å². The van der Waals surface area contributed by atoms with Gasteiger partial charge in [-0.1, -0.05) is 33.1 Å². The van der Waals surface area contributed by atoms with Crippen LogP contribution in [0.4, 0.5) is 0 Å². The maximum atomic E-state index is 5.46. The predicted octanol–water partition coefficient (Wildman–Crippen LogP) is 1.77. The standard InChI is InChI=1S/C12H26N4/c1-3-4-8-14-12(16-13)15-11-7-5-6-10(2)9-11/h10-11H,3-9,13H2,1-2H3,(H2,14,15,16). The summed E-state index contributed by atoms with van der Waals surface area (Å²) in [6.07, 6.45) is 7.42. The second kappa shape index (κ2) is 7.49. The third-order valence-electron chi connectivity index (χ3n) is 3.20. The lowest BCUT2D eigenvalue weighted by Crippen LogP contribution is -2.47. The molecule has 4 nitrogen and oxygen atoms in total. The van der Waals surface area contributed by atoms with E-state index in [-0.39, 0.29) is 0 Å². The van der Waals surface area contributed by atoms with Gasteiger partial charge in [-0.2, -0.15) is 0 Å². The molecule has 1 saturated carbocycles. The number of rotatable bonds is 4. The van der Waals surface area contributed by atoms with Crippen LogP contribution in [0.3, 0.4) is 0 Å². The number of hydrazine groups is 1. The number of nitrogens with one attached hydrogen (secondary N) is 2. The Bertz CT molecular complexity index is 215. The van der Waals surface area contributed by atoms with Crippen molar-refractivity contribution >= 4 is 5.96 Å². The molecule has 0 aliphatic heterocycles. The predicted molar refractivity (Wildman–Crippen MR) is 69.1 cm³/mol. The molecular weight excluding hydrogens is 200 g/mol. The first-order valence-electron chi connectivity index (χ1n) is 6.53. The van der Waals surface area contributed by atoms with Crippen molar-refractivity contribution in [2.45, 2.75) is 58.4 Å². The van der Waals surface area contributed by atoms with Gasteiger partial charge in [-0.05, 0) is 25.2 Å². The van der Waals surface area contributed by atoms with Gasteiger partial charge in [0.2, 0.25) is 5.96 Å². The van der Waals surface area contributed by atoms with Gasteiger partial charge in [-0.3, -0.25) is 10.4 Å². The highest BCUT2D eigenvalue weighted by Crippen LogP contribution is 2.23. The number of unbranched alkanes of at least 4 members (excludes halogenated alkanes) is 1. The molecule has 0 bridgehead atoms. The molecule has 16 heavy (non-hydrogen) atoms. The zero-order chi connectivity index (χ0) is 11.8. The lowest BCUT2D eigenvalue weighted by atomic mass is 9.87. The molecule has 1 aliphatic rings. The van der Waals surface area contributed by atoms with Crippen molar-refractivity contribution in [2.75, 3.05) is 6.54 Å². The topological polar surface area (TPSA) is 62.4 Å². The van der Waals surface area contributed by atoms with Crippen LogP contribution >= 0.6 is 0 Å². The summed E-state index contributed by atoms with van der Waals surface area (Å²) in [6, 6.07) is 0.542. The van der Waals surface area contributed by atoms with Gasteiger partial charge in [0, 0.05) is 12.6 Å². The fourth-order valence-corrected chi connectivity index (χ4v) is 2.24. The molecular formula is C12H26N4. The SMILES string of the molecule is CCCCN=C(NN)NC1CCCC(C)C1. The third-order valence-corrected chi connectivity index (χ3v) is 3.20. The van der Waals surface area contributed by atoms with Crippen LogP contribution in [0.15, 0.2) is 4.99 Å². The maximum Gasteiger partial charge on any atom is 0.205 e. The molecule has 0 heterocycles. The average Bonchev–Trinajstić information content (AvgIpc) is 2.28. The van der Waals surface area contributed by atoms with Crippen LogP contribution < -0.4 is 16.6 Å². The zero-order valence-electron chi connectivity index (χ0n) is 10.6. The smallest absolute Gasteiger partial charge is 0.205 e. The minimum atomic E-state index is 0.542. The van der Waals surface area contributed by atoms with Crippen LogP contribution in [-0.2, 0) is 0 Å². The quantitative estimate of drug-likeness (QED) is 0.225. The highest BCUT2D eigenvalue weighted by molar-refractivity contribution is 5.79. The lowest BCUT2D eigenvalue weighted by molar-refractivity contribution is 0.324. The second-order valence-electron chi connectivity index (χ2n) is 4.84. The van der Waals surface area contributed by atoms with Crippen molar-refractivity contribution in [2.24, 2.45) is 16.8 Å². The summed E-state index contributed by atoms with van der Waals surface area (Å²) < 4.78 is 0. The average molecular weight is 226 g/mol. The fraction of sp³-hybridized carbons (Fsp3) is 0.917. The summed E-state index contributed by atoms with van der Waals surface area (Å²) in [5.74, 6) is 7.04. The van der Waals surface area contributed by atoms with E-state index in [1.165, 1.54) is 32.1 Å². The third kappa shape index (κ3) is 4.84. The van der Waals surface area contributed by atoms with Crippen molar-refractivity contribution in [3.8, 4) is 0 Å². The monoisotopic (exact) mass is 226 g/mol. The molecule has 0 amide bonds. The maximum absolute atomic E-state index is 5.46. The van der Waals surface area contributed by atoms with Gasteiger partial charge in [0.15, 0.2) is 0 Å². The number of guanidine groups is 1. The molecule has 0 saturated heterocycles. The van der Waals surface area contributed by atoms with E-state index in [0.29, 0.717) is 6.04 Å². The van der Waals surface area contributed by atoms with E-state index >= 15 is 0 Å². The second-order valence-corrected chi connectivity index (χ2v) is 4.84. The Morgan fingerprint density at radius 1 is 1.44 bits per heavy atom. The van der Waals surface area contributed by atoms with E-state index < -0.39 is 0 Å². The van der Waals surface area contributed by atoms with Gasteiger partial charge in [0.25, 0.3) is 0 Å². The number of nitrogens with two attached hydrogens (primary N) is 1. The Balaban J connectivity index is 2.33. The number of hydrogen-bond acceptors (Lipinski definition) is 2. The molecule has 4 N–H and O–H groups in total. The molecule has 1 fully saturated rings. The van der Waals surface area contributed by atoms with E-state index in [9.17, 15) is 0 Å². The first kappa shape index (κ1) is 13.3. The van der Waals surface area contributed by atoms with Crippen molar-refractivity contribution in [1.82, 2.24) is 10.7 Å². The molecule has 0 aromatic rings. The summed E-state index contributed by atoms with van der Waals surface area (Å²) in [4.78, 5) is 4.42. The minimum Gasteiger partial charge on any atom is -0.353 e. The van der Waals surface area contributed by atoms with E-state index in [2.05, 4.69) is 29.6 Å². The van der Waals surface area contributed by atoms with Crippen LogP contribution in [0.2, 0.25) is 0 Å². The molecule has 1 aliphatic carbocycles. The van der Waals surface area contributed by atoms with Crippen LogP contribution in [0.1, 0.15) is 52.4 Å². The molecule has 4 heteroatoms. The van der Waals surface area contributed by atoms with E-state index in [0.717, 1.165) is 24.8 Å². The fourth-order valence-electron chi connectivity index (χ4n) is 2.24. The zero-order valence-corrected chi connectivity index (χ0v) is 10.6. The summed E-state index contributed by atoms with van der Waals surface area (Å²) >= 11 is 0. The first-order chi connectivity index (χ1) is 7.76. The van der Waals surface area contributed by atoms with Crippen LogP contribution in [0, 0.1) is 5.92 Å². The van der Waals surface area contributed by atoms with Crippen molar-refractivity contribution in [3.05, 3.63) is 0 Å². The minimum absolute atomic E-state index is 0.542. The molecule has 1 rings (SSSR count). The summed E-state index contributed by atoms with van der Waals surface area (Å²) in [6.45, 7) is 5.34. The summed E-state index contributed by atoms with van der Waals surface area (Å²) in [5, 5.41) is 3.41. The molecule has 0 spiro atoms. The van der Waals surface area contributed by atoms with E-state index in [1.54, 1.807) is 0 Å². The molecule has 94 valence electrons.